The number of carbonyl (C=O) groups is 1. The van der Waals surface area contributed by atoms with Gasteiger partial charge >= 0.3 is 5.97 Å². The predicted molar refractivity (Wildman–Crippen MR) is 106 cm³/mol. The maximum absolute atomic E-state index is 11.5. The van der Waals surface area contributed by atoms with Crippen molar-refractivity contribution in [3.8, 4) is 11.3 Å². The number of carboxylic acids is 1. The van der Waals surface area contributed by atoms with Gasteiger partial charge in [0.25, 0.3) is 0 Å². The molecule has 4 rings (SSSR count). The van der Waals surface area contributed by atoms with Crippen molar-refractivity contribution in [3.05, 3.63) is 46.1 Å². The number of hydrogen-bond donors (Lipinski definition) is 1. The van der Waals surface area contributed by atoms with Crippen molar-refractivity contribution in [2.45, 2.75) is 19.8 Å². The molecule has 1 unspecified atom stereocenters. The average molecular weight is 405 g/mol. The molecule has 27 heavy (non-hydrogen) atoms. The molecule has 2 aromatic heterocycles. The number of hydrogen-bond acceptors (Lipinski definition) is 4. The molecule has 1 fully saturated rings. The van der Waals surface area contributed by atoms with Gasteiger partial charge in [0.15, 0.2) is 11.5 Å². The van der Waals surface area contributed by atoms with Crippen LogP contribution in [0.3, 0.4) is 0 Å². The molecule has 0 radical (unpaired) electrons. The summed E-state index contributed by atoms with van der Waals surface area (Å²) in [7, 11) is 0. The molecule has 8 heteroatoms. The lowest BCUT2D eigenvalue weighted by Crippen LogP contribution is -2.40. The molecule has 140 valence electrons. The summed E-state index contributed by atoms with van der Waals surface area (Å²) in [6, 6.07) is 9.33. The maximum atomic E-state index is 11.5. The Kier molecular flexibility index (Phi) is 4.70. The number of piperidine rings is 1. The van der Waals surface area contributed by atoms with Crippen LogP contribution in [0.2, 0.25) is 10.0 Å². The summed E-state index contributed by atoms with van der Waals surface area (Å²) in [5, 5.41) is 15.3. The van der Waals surface area contributed by atoms with E-state index in [-0.39, 0.29) is 0 Å². The van der Waals surface area contributed by atoms with Crippen molar-refractivity contribution in [2.75, 3.05) is 18.0 Å². The van der Waals surface area contributed by atoms with Gasteiger partial charge in [0.2, 0.25) is 0 Å². The van der Waals surface area contributed by atoms with Crippen molar-refractivity contribution in [2.24, 2.45) is 5.92 Å². The second-order valence-electron chi connectivity index (χ2n) is 6.76. The number of aryl methyl sites for hydroxylation is 1. The van der Waals surface area contributed by atoms with E-state index in [4.69, 9.17) is 28.3 Å². The molecule has 0 bridgehead atoms. The van der Waals surface area contributed by atoms with Crippen LogP contribution in [-0.4, -0.2) is 38.8 Å². The molecule has 6 nitrogen and oxygen atoms in total. The molecule has 0 aliphatic carbocycles. The van der Waals surface area contributed by atoms with E-state index in [0.29, 0.717) is 40.2 Å². The Hall–Kier alpha value is -2.31. The highest BCUT2D eigenvalue weighted by Gasteiger charge is 2.29. The molecule has 1 aliphatic rings. The smallest absolute Gasteiger partial charge is 0.308 e. The Morgan fingerprint density at radius 2 is 2.00 bits per heavy atom. The van der Waals surface area contributed by atoms with E-state index in [0.717, 1.165) is 24.2 Å². The van der Waals surface area contributed by atoms with Crippen LogP contribution in [0, 0.1) is 12.8 Å². The molecule has 1 saturated heterocycles. The number of anilines is 1. The van der Waals surface area contributed by atoms with Gasteiger partial charge in [-0.15, -0.1) is 0 Å². The third kappa shape index (κ3) is 3.35. The van der Waals surface area contributed by atoms with Crippen molar-refractivity contribution in [1.82, 2.24) is 14.6 Å². The minimum absolute atomic E-state index is 0.406. The lowest BCUT2D eigenvalue weighted by Gasteiger charge is -2.33. The van der Waals surface area contributed by atoms with Crippen LogP contribution >= 0.6 is 23.2 Å². The van der Waals surface area contributed by atoms with Crippen LogP contribution in [0.4, 0.5) is 5.82 Å². The first-order valence-corrected chi connectivity index (χ1v) is 9.49. The van der Waals surface area contributed by atoms with Crippen molar-refractivity contribution in [1.29, 1.82) is 0 Å². The molecular formula is C19H18Cl2N4O2. The first-order chi connectivity index (χ1) is 12.9. The average Bonchev–Trinajstić information content (AvgIpc) is 3.06. The molecule has 0 saturated carbocycles. The molecule has 3 aromatic rings. The second kappa shape index (κ2) is 7.02. The lowest BCUT2D eigenvalue weighted by molar-refractivity contribution is -0.141. The molecule has 1 aromatic carbocycles. The molecule has 1 N–H and O–H groups in total. The van der Waals surface area contributed by atoms with E-state index < -0.39 is 11.9 Å². The van der Waals surface area contributed by atoms with Crippen LogP contribution in [0.1, 0.15) is 18.5 Å². The maximum Gasteiger partial charge on any atom is 0.308 e. The van der Waals surface area contributed by atoms with Gasteiger partial charge in [-0.25, -0.2) is 4.98 Å². The van der Waals surface area contributed by atoms with Crippen molar-refractivity contribution in [3.63, 3.8) is 0 Å². The Bertz CT molecular complexity index is 1020. The zero-order valence-corrected chi connectivity index (χ0v) is 16.2. The first kappa shape index (κ1) is 18.1. The molecule has 3 heterocycles. The summed E-state index contributed by atoms with van der Waals surface area (Å²) in [4.78, 5) is 18.0. The fraction of sp³-hybridized carbons (Fsp3) is 0.316. The molecular weight excluding hydrogens is 387 g/mol. The lowest BCUT2D eigenvalue weighted by atomic mass is 9.98. The zero-order valence-electron chi connectivity index (χ0n) is 14.7. The van der Waals surface area contributed by atoms with Gasteiger partial charge in [-0.3, -0.25) is 4.79 Å². The van der Waals surface area contributed by atoms with Crippen molar-refractivity contribution < 1.29 is 9.90 Å². The van der Waals surface area contributed by atoms with Gasteiger partial charge in [-0.1, -0.05) is 35.3 Å². The molecule has 0 amide bonds. The Morgan fingerprint density at radius 1 is 1.26 bits per heavy atom. The van der Waals surface area contributed by atoms with Crippen LogP contribution in [0.5, 0.6) is 0 Å². The summed E-state index contributed by atoms with van der Waals surface area (Å²) in [5.74, 6) is -0.491. The summed E-state index contributed by atoms with van der Waals surface area (Å²) < 4.78 is 1.71. The third-order valence-corrected chi connectivity index (χ3v) is 5.59. The highest BCUT2D eigenvalue weighted by Crippen LogP contribution is 2.33. The second-order valence-corrected chi connectivity index (χ2v) is 7.58. The number of aliphatic carboxylic acids is 1. The van der Waals surface area contributed by atoms with E-state index in [1.807, 2.05) is 42.2 Å². The quantitative estimate of drug-likeness (QED) is 0.703. The summed E-state index contributed by atoms with van der Waals surface area (Å²) in [6.45, 7) is 2.99. The van der Waals surface area contributed by atoms with Crippen LogP contribution in [0.15, 0.2) is 30.3 Å². The number of benzene rings is 1. The SMILES string of the molecule is Cc1nc2cc(-c3ccc(Cl)cc3)nn2c(N2CCCC(C(=O)O)C2)c1Cl. The fourth-order valence-electron chi connectivity index (χ4n) is 3.49. The van der Waals surface area contributed by atoms with E-state index in [2.05, 4.69) is 4.98 Å². The number of rotatable bonds is 3. The van der Waals surface area contributed by atoms with Crippen LogP contribution in [0.25, 0.3) is 16.9 Å². The van der Waals surface area contributed by atoms with Gasteiger partial charge < -0.3 is 10.0 Å². The topological polar surface area (TPSA) is 70.7 Å². The Labute approximate surface area is 166 Å². The van der Waals surface area contributed by atoms with Crippen molar-refractivity contribution >= 4 is 40.6 Å². The van der Waals surface area contributed by atoms with Gasteiger partial charge in [-0.2, -0.15) is 9.61 Å². The number of fused-ring (bicyclic) bond motifs is 1. The van der Waals surface area contributed by atoms with Gasteiger partial charge in [-0.05, 0) is 31.9 Å². The number of nitrogens with zero attached hydrogens (tertiary/aromatic N) is 4. The number of carboxylic acid groups (broad SMARTS) is 1. The monoisotopic (exact) mass is 404 g/mol. The molecule has 1 aliphatic heterocycles. The third-order valence-electron chi connectivity index (χ3n) is 4.90. The Morgan fingerprint density at radius 3 is 2.70 bits per heavy atom. The van der Waals surface area contributed by atoms with Gasteiger partial charge in [0.05, 0.1) is 17.3 Å². The van der Waals surface area contributed by atoms with Gasteiger partial charge in [0, 0.05) is 29.7 Å². The van der Waals surface area contributed by atoms with E-state index in [1.54, 1.807) is 4.52 Å². The van der Waals surface area contributed by atoms with E-state index in [1.165, 1.54) is 0 Å². The minimum Gasteiger partial charge on any atom is -0.481 e. The first-order valence-electron chi connectivity index (χ1n) is 8.73. The number of aromatic nitrogens is 3. The Balaban J connectivity index is 1.82. The predicted octanol–water partition coefficient (Wildman–Crippen LogP) is 4.31. The summed E-state index contributed by atoms with van der Waals surface area (Å²) >= 11 is 12.6. The zero-order chi connectivity index (χ0) is 19.1. The minimum atomic E-state index is -0.778. The molecule has 0 spiro atoms. The van der Waals surface area contributed by atoms with Crippen LogP contribution < -0.4 is 4.90 Å². The highest BCUT2D eigenvalue weighted by molar-refractivity contribution is 6.33. The van der Waals surface area contributed by atoms with Crippen LogP contribution in [-0.2, 0) is 4.79 Å². The van der Waals surface area contributed by atoms with E-state index >= 15 is 0 Å². The number of halogens is 2. The summed E-state index contributed by atoms with van der Waals surface area (Å²) in [6.07, 6.45) is 1.47. The standard InChI is InChI=1S/C19H18Cl2N4O2/c1-11-17(21)18(24-8-2-3-13(10-24)19(26)27)25-16(22-11)9-15(23-25)12-4-6-14(20)7-5-12/h4-7,9,13H,2-3,8,10H2,1H3,(H,26,27). The van der Waals surface area contributed by atoms with E-state index in [9.17, 15) is 9.90 Å². The normalized spacial score (nSPS) is 17.4. The van der Waals surface area contributed by atoms with Gasteiger partial charge in [0.1, 0.15) is 5.02 Å². The highest BCUT2D eigenvalue weighted by atomic mass is 35.5. The summed E-state index contributed by atoms with van der Waals surface area (Å²) in [5.41, 5.74) is 3.05. The molecule has 1 atom stereocenters. The largest absolute Gasteiger partial charge is 0.481 e. The fourth-order valence-corrected chi connectivity index (χ4v) is 3.86.